The first kappa shape index (κ1) is 22.0. The molecule has 5 nitrogen and oxygen atoms in total. The Morgan fingerprint density at radius 1 is 1.00 bits per heavy atom. The number of nitrogens with one attached hydrogen (secondary N) is 1. The van der Waals surface area contributed by atoms with Gasteiger partial charge in [-0.3, -0.25) is 4.98 Å². The number of anilines is 1. The Labute approximate surface area is 201 Å². The highest BCUT2D eigenvalue weighted by molar-refractivity contribution is 7.80. The van der Waals surface area contributed by atoms with E-state index in [1.165, 1.54) is 37.8 Å². The Morgan fingerprint density at radius 3 is 2.48 bits per heavy atom. The fourth-order valence-electron chi connectivity index (χ4n) is 5.24. The minimum absolute atomic E-state index is 0.0150. The summed E-state index contributed by atoms with van der Waals surface area (Å²) in [6, 6.07) is 19.3. The molecule has 1 N–H and O–H groups in total. The molecule has 2 fully saturated rings. The van der Waals surface area contributed by atoms with Crippen molar-refractivity contribution in [1.29, 1.82) is 0 Å². The summed E-state index contributed by atoms with van der Waals surface area (Å²) in [5.74, 6) is 0.871. The van der Waals surface area contributed by atoms with E-state index in [1.807, 2.05) is 44.3 Å². The van der Waals surface area contributed by atoms with Gasteiger partial charge in [0.25, 0.3) is 0 Å². The maximum atomic E-state index is 5.90. The number of ether oxygens (including phenoxy) is 1. The molecule has 0 amide bonds. The molecule has 172 valence electrons. The fourth-order valence-corrected chi connectivity index (χ4v) is 5.59. The maximum Gasteiger partial charge on any atom is 0.174 e. The van der Waals surface area contributed by atoms with Crippen LogP contribution in [0.3, 0.4) is 0 Å². The van der Waals surface area contributed by atoms with E-state index in [0.717, 1.165) is 22.2 Å². The molecule has 0 spiro atoms. The van der Waals surface area contributed by atoms with Crippen molar-refractivity contribution in [3.63, 3.8) is 0 Å². The van der Waals surface area contributed by atoms with E-state index < -0.39 is 0 Å². The van der Waals surface area contributed by atoms with Gasteiger partial charge in [0.1, 0.15) is 11.8 Å². The summed E-state index contributed by atoms with van der Waals surface area (Å²) >= 11 is 5.90. The van der Waals surface area contributed by atoms with E-state index in [2.05, 4.69) is 51.3 Å². The standard InChI is InChI=1S/C27H32N4OS/c1-19(2)32-22-15-13-21(14-16-22)31-26(25(29-27(31)33)23-11-6-7-17-28-23)24-12-8-18-30(24)20-9-4-3-5-10-20/h6-8,11-20,25-26H,3-5,9-10H2,1-2H3,(H,29,33)/t25-,26+/m1/s1. The summed E-state index contributed by atoms with van der Waals surface area (Å²) in [6.07, 6.45) is 10.7. The van der Waals surface area contributed by atoms with Crippen LogP contribution >= 0.6 is 12.2 Å². The van der Waals surface area contributed by atoms with Gasteiger partial charge in [0.05, 0.1) is 17.8 Å². The maximum absolute atomic E-state index is 5.90. The molecule has 0 unspecified atom stereocenters. The quantitative estimate of drug-likeness (QED) is 0.434. The molecule has 2 aromatic heterocycles. The van der Waals surface area contributed by atoms with Crippen LogP contribution in [0.25, 0.3) is 0 Å². The van der Waals surface area contributed by atoms with Crippen molar-refractivity contribution < 1.29 is 4.74 Å². The molecule has 1 saturated heterocycles. The van der Waals surface area contributed by atoms with Crippen molar-refractivity contribution in [2.24, 2.45) is 0 Å². The number of hydrogen-bond donors (Lipinski definition) is 1. The minimum atomic E-state index is -0.0254. The zero-order valence-electron chi connectivity index (χ0n) is 19.4. The summed E-state index contributed by atoms with van der Waals surface area (Å²) in [6.45, 7) is 4.08. The van der Waals surface area contributed by atoms with Gasteiger partial charge in [-0.15, -0.1) is 0 Å². The highest BCUT2D eigenvalue weighted by atomic mass is 32.1. The van der Waals surface area contributed by atoms with Crippen LogP contribution < -0.4 is 15.0 Å². The number of benzene rings is 1. The molecule has 1 aromatic carbocycles. The number of nitrogens with zero attached hydrogens (tertiary/aromatic N) is 3. The van der Waals surface area contributed by atoms with Crippen LogP contribution in [0.4, 0.5) is 5.69 Å². The van der Waals surface area contributed by atoms with Gasteiger partial charge in [0.15, 0.2) is 5.11 Å². The normalized spacial score (nSPS) is 21.4. The summed E-state index contributed by atoms with van der Waals surface area (Å²) in [4.78, 5) is 6.95. The summed E-state index contributed by atoms with van der Waals surface area (Å²) in [5, 5.41) is 4.31. The molecule has 0 radical (unpaired) electrons. The Hall–Kier alpha value is -2.86. The molecule has 3 aromatic rings. The van der Waals surface area contributed by atoms with Crippen molar-refractivity contribution in [3.8, 4) is 5.75 Å². The Kier molecular flexibility index (Phi) is 6.36. The minimum Gasteiger partial charge on any atom is -0.491 e. The molecule has 5 rings (SSSR count). The van der Waals surface area contributed by atoms with Gasteiger partial charge in [-0.1, -0.05) is 25.3 Å². The van der Waals surface area contributed by atoms with Crippen LogP contribution in [0.2, 0.25) is 0 Å². The molecular formula is C27H32N4OS. The number of pyridine rings is 1. The van der Waals surface area contributed by atoms with Crippen LogP contribution in [-0.2, 0) is 0 Å². The van der Waals surface area contributed by atoms with Gasteiger partial charge in [-0.25, -0.2) is 0 Å². The average Bonchev–Trinajstić information content (AvgIpc) is 3.45. The van der Waals surface area contributed by atoms with Gasteiger partial charge >= 0.3 is 0 Å². The van der Waals surface area contributed by atoms with Crippen molar-refractivity contribution >= 4 is 23.0 Å². The molecule has 0 bridgehead atoms. The van der Waals surface area contributed by atoms with Crippen molar-refractivity contribution in [2.45, 2.75) is 70.2 Å². The van der Waals surface area contributed by atoms with Crippen LogP contribution in [-0.4, -0.2) is 20.8 Å². The zero-order chi connectivity index (χ0) is 22.8. The predicted molar refractivity (Wildman–Crippen MR) is 137 cm³/mol. The lowest BCUT2D eigenvalue weighted by Gasteiger charge is -2.32. The van der Waals surface area contributed by atoms with Crippen molar-refractivity contribution in [3.05, 3.63) is 78.4 Å². The summed E-state index contributed by atoms with van der Waals surface area (Å²) in [5.41, 5.74) is 3.35. The SMILES string of the molecule is CC(C)Oc1ccc(N2C(=S)N[C@H](c3ccccn3)[C@@H]2c2cccn2C2CCCCC2)cc1. The van der Waals surface area contributed by atoms with Crippen LogP contribution in [0.1, 0.15) is 75.5 Å². The molecular weight excluding hydrogens is 428 g/mol. The van der Waals surface area contributed by atoms with Crippen LogP contribution in [0, 0.1) is 0 Å². The van der Waals surface area contributed by atoms with Gasteiger partial charge in [0.2, 0.25) is 0 Å². The van der Waals surface area contributed by atoms with Gasteiger partial charge < -0.3 is 19.5 Å². The third-order valence-corrected chi connectivity index (χ3v) is 6.98. The Bertz CT molecular complexity index is 1070. The number of thiocarbonyl (C=S) groups is 1. The van der Waals surface area contributed by atoms with E-state index in [-0.39, 0.29) is 18.2 Å². The second kappa shape index (κ2) is 9.56. The number of aromatic nitrogens is 2. The fraction of sp³-hybridized carbons (Fsp3) is 0.407. The molecule has 3 heterocycles. The molecule has 1 aliphatic heterocycles. The van der Waals surface area contributed by atoms with Crippen LogP contribution in [0.5, 0.6) is 5.75 Å². The van der Waals surface area contributed by atoms with Gasteiger partial charge in [-0.2, -0.15) is 0 Å². The molecule has 1 saturated carbocycles. The first-order valence-corrected chi connectivity index (χ1v) is 12.5. The van der Waals surface area contributed by atoms with E-state index in [1.54, 1.807) is 0 Å². The lowest BCUT2D eigenvalue weighted by atomic mass is 9.94. The second-order valence-electron chi connectivity index (χ2n) is 9.29. The molecule has 2 atom stereocenters. The molecule has 1 aliphatic carbocycles. The van der Waals surface area contributed by atoms with Crippen LogP contribution in [0.15, 0.2) is 67.0 Å². The smallest absolute Gasteiger partial charge is 0.174 e. The topological polar surface area (TPSA) is 42.3 Å². The Morgan fingerprint density at radius 2 is 1.79 bits per heavy atom. The monoisotopic (exact) mass is 460 g/mol. The number of rotatable bonds is 6. The van der Waals surface area contributed by atoms with E-state index >= 15 is 0 Å². The highest BCUT2D eigenvalue weighted by Gasteiger charge is 2.42. The molecule has 33 heavy (non-hydrogen) atoms. The first-order valence-electron chi connectivity index (χ1n) is 12.1. The lowest BCUT2D eigenvalue weighted by Crippen LogP contribution is -2.31. The lowest BCUT2D eigenvalue weighted by molar-refractivity contribution is 0.242. The second-order valence-corrected chi connectivity index (χ2v) is 9.68. The number of hydrogen-bond acceptors (Lipinski definition) is 3. The zero-order valence-corrected chi connectivity index (χ0v) is 20.2. The average molecular weight is 461 g/mol. The van der Waals surface area contributed by atoms with Crippen molar-refractivity contribution in [1.82, 2.24) is 14.9 Å². The third-order valence-electron chi connectivity index (χ3n) is 6.67. The van der Waals surface area contributed by atoms with E-state index in [0.29, 0.717) is 6.04 Å². The van der Waals surface area contributed by atoms with Gasteiger partial charge in [-0.05, 0) is 87.4 Å². The highest BCUT2D eigenvalue weighted by Crippen LogP contribution is 2.43. The molecule has 6 heteroatoms. The summed E-state index contributed by atoms with van der Waals surface area (Å²) < 4.78 is 8.36. The van der Waals surface area contributed by atoms with E-state index in [9.17, 15) is 0 Å². The summed E-state index contributed by atoms with van der Waals surface area (Å²) in [7, 11) is 0. The largest absolute Gasteiger partial charge is 0.491 e. The molecule has 2 aliphatic rings. The third kappa shape index (κ3) is 4.49. The first-order chi connectivity index (χ1) is 16.1. The Balaban J connectivity index is 1.55. The van der Waals surface area contributed by atoms with E-state index in [4.69, 9.17) is 21.9 Å². The predicted octanol–water partition coefficient (Wildman–Crippen LogP) is 6.35. The van der Waals surface area contributed by atoms with Gasteiger partial charge in [0, 0.05) is 29.8 Å². The van der Waals surface area contributed by atoms with Crippen molar-refractivity contribution in [2.75, 3.05) is 4.90 Å².